The van der Waals surface area contributed by atoms with E-state index in [1.165, 1.54) is 12.1 Å². The van der Waals surface area contributed by atoms with Crippen molar-refractivity contribution in [2.45, 2.75) is 19.4 Å². The van der Waals surface area contributed by atoms with Crippen LogP contribution in [0.3, 0.4) is 0 Å². The number of nitrogens with one attached hydrogen (secondary N) is 1. The summed E-state index contributed by atoms with van der Waals surface area (Å²) in [6.45, 7) is 5.57. The lowest BCUT2D eigenvalue weighted by molar-refractivity contribution is 0.0939. The fourth-order valence-electron chi connectivity index (χ4n) is 2.35. The first-order valence-electron chi connectivity index (χ1n) is 7.39. The number of rotatable bonds is 6. The van der Waals surface area contributed by atoms with Crippen LogP contribution in [0.5, 0.6) is 5.75 Å². The average molecular weight is 313 g/mol. The largest absolute Gasteiger partial charge is 0.496 e. The van der Waals surface area contributed by atoms with Gasteiger partial charge in [0.15, 0.2) is 0 Å². The minimum atomic E-state index is -0.295. The number of carbonyl (C=O) groups is 1. The first-order valence-corrected chi connectivity index (χ1v) is 7.39. The topological polar surface area (TPSA) is 38.3 Å². The molecule has 1 amide bonds. The second-order valence-electron chi connectivity index (χ2n) is 5.27. The van der Waals surface area contributed by atoms with Crippen LogP contribution in [0.2, 0.25) is 0 Å². The van der Waals surface area contributed by atoms with Gasteiger partial charge in [0.2, 0.25) is 0 Å². The van der Waals surface area contributed by atoms with Crippen molar-refractivity contribution < 1.29 is 13.9 Å². The average Bonchev–Trinajstić information content (AvgIpc) is 2.55. The number of allylic oxidation sites excluding steroid dienone is 1. The predicted molar refractivity (Wildman–Crippen MR) is 89.2 cm³/mol. The van der Waals surface area contributed by atoms with Crippen molar-refractivity contribution in [2.75, 3.05) is 7.11 Å². The van der Waals surface area contributed by atoms with Gasteiger partial charge in [-0.15, -0.1) is 6.58 Å². The Morgan fingerprint density at radius 1 is 1.30 bits per heavy atom. The van der Waals surface area contributed by atoms with Crippen LogP contribution < -0.4 is 10.1 Å². The van der Waals surface area contributed by atoms with Gasteiger partial charge >= 0.3 is 0 Å². The molecule has 4 heteroatoms. The zero-order valence-corrected chi connectivity index (χ0v) is 13.3. The molecule has 0 unspecified atom stereocenters. The molecular weight excluding hydrogens is 293 g/mol. The van der Waals surface area contributed by atoms with Crippen LogP contribution in [0.4, 0.5) is 4.39 Å². The summed E-state index contributed by atoms with van der Waals surface area (Å²) in [4.78, 5) is 12.4. The van der Waals surface area contributed by atoms with Crippen molar-refractivity contribution in [1.82, 2.24) is 5.32 Å². The Morgan fingerprint density at radius 3 is 2.61 bits per heavy atom. The van der Waals surface area contributed by atoms with Crippen LogP contribution in [0.15, 0.2) is 55.1 Å². The second kappa shape index (κ2) is 7.58. The van der Waals surface area contributed by atoms with E-state index in [2.05, 4.69) is 11.9 Å². The van der Waals surface area contributed by atoms with Gasteiger partial charge in [-0.05, 0) is 54.8 Å². The zero-order valence-electron chi connectivity index (χ0n) is 13.3. The summed E-state index contributed by atoms with van der Waals surface area (Å²) < 4.78 is 18.2. The van der Waals surface area contributed by atoms with E-state index >= 15 is 0 Å². The molecule has 1 N–H and O–H groups in total. The molecule has 0 aliphatic carbocycles. The Morgan fingerprint density at radius 2 is 2.00 bits per heavy atom. The lowest BCUT2D eigenvalue weighted by Gasteiger charge is -2.15. The second-order valence-corrected chi connectivity index (χ2v) is 5.27. The highest BCUT2D eigenvalue weighted by atomic mass is 19.1. The Hall–Kier alpha value is -2.62. The summed E-state index contributed by atoms with van der Waals surface area (Å²) in [6.07, 6.45) is 2.39. The van der Waals surface area contributed by atoms with Gasteiger partial charge in [0, 0.05) is 5.56 Å². The Bertz CT molecular complexity index is 695. The van der Waals surface area contributed by atoms with Crippen molar-refractivity contribution in [3.63, 3.8) is 0 Å². The first-order chi connectivity index (χ1) is 11.0. The van der Waals surface area contributed by atoms with Crippen LogP contribution in [0.25, 0.3) is 0 Å². The molecule has 0 saturated heterocycles. The maximum Gasteiger partial charge on any atom is 0.251 e. The minimum Gasteiger partial charge on any atom is -0.496 e. The molecule has 0 fully saturated rings. The van der Waals surface area contributed by atoms with E-state index in [0.717, 1.165) is 16.9 Å². The molecule has 0 radical (unpaired) electrons. The number of methoxy groups -OCH3 is 1. The number of benzene rings is 2. The minimum absolute atomic E-state index is 0.185. The van der Waals surface area contributed by atoms with Crippen molar-refractivity contribution >= 4 is 5.91 Å². The molecule has 0 bridgehead atoms. The molecule has 0 aromatic heterocycles. The van der Waals surface area contributed by atoms with E-state index < -0.39 is 0 Å². The van der Waals surface area contributed by atoms with Gasteiger partial charge in [0.25, 0.3) is 5.91 Å². The van der Waals surface area contributed by atoms with Gasteiger partial charge in [0.05, 0.1) is 13.2 Å². The molecule has 0 heterocycles. The van der Waals surface area contributed by atoms with Crippen LogP contribution in [-0.4, -0.2) is 13.0 Å². The molecule has 0 aliphatic rings. The van der Waals surface area contributed by atoms with E-state index in [1.54, 1.807) is 43.5 Å². The van der Waals surface area contributed by atoms with Crippen LogP contribution in [0, 0.1) is 5.82 Å². The summed E-state index contributed by atoms with van der Waals surface area (Å²) in [5, 5.41) is 2.91. The quantitative estimate of drug-likeness (QED) is 0.817. The summed E-state index contributed by atoms with van der Waals surface area (Å²) in [5.74, 6) is 0.249. The molecule has 2 rings (SSSR count). The van der Waals surface area contributed by atoms with E-state index in [4.69, 9.17) is 4.74 Å². The van der Waals surface area contributed by atoms with Crippen molar-refractivity contribution in [3.8, 4) is 5.75 Å². The first kappa shape index (κ1) is 16.7. The van der Waals surface area contributed by atoms with Crippen molar-refractivity contribution in [1.29, 1.82) is 0 Å². The maximum absolute atomic E-state index is 13.0. The number of carbonyl (C=O) groups excluding carboxylic acids is 1. The molecule has 23 heavy (non-hydrogen) atoms. The third-order valence-electron chi connectivity index (χ3n) is 3.62. The Balaban J connectivity index is 2.15. The molecule has 3 nitrogen and oxygen atoms in total. The van der Waals surface area contributed by atoms with Gasteiger partial charge in [-0.3, -0.25) is 4.79 Å². The third-order valence-corrected chi connectivity index (χ3v) is 3.62. The normalized spacial score (nSPS) is 11.6. The molecule has 0 saturated carbocycles. The monoisotopic (exact) mass is 313 g/mol. The van der Waals surface area contributed by atoms with Gasteiger partial charge in [-0.2, -0.15) is 0 Å². The standard InChI is InChI=1S/C19H20FNO2/c1-4-5-15-12-16(8-11-18(15)23-3)19(22)21-13(2)14-6-9-17(20)10-7-14/h4,6-13H,1,5H2,2-3H3,(H,21,22)/t13-/m1/s1. The van der Waals surface area contributed by atoms with Gasteiger partial charge < -0.3 is 10.1 Å². The number of hydrogen-bond acceptors (Lipinski definition) is 2. The molecule has 1 atom stereocenters. The van der Waals surface area contributed by atoms with Gasteiger partial charge in [0.1, 0.15) is 11.6 Å². The smallest absolute Gasteiger partial charge is 0.251 e. The molecular formula is C19H20FNO2. The van der Waals surface area contributed by atoms with Gasteiger partial charge in [-0.25, -0.2) is 4.39 Å². The number of amides is 1. The Kier molecular flexibility index (Phi) is 5.52. The lowest BCUT2D eigenvalue weighted by atomic mass is 10.0. The van der Waals surface area contributed by atoms with E-state index in [-0.39, 0.29) is 17.8 Å². The third kappa shape index (κ3) is 4.19. The van der Waals surface area contributed by atoms with Crippen LogP contribution in [0.1, 0.15) is 34.5 Å². The number of hydrogen-bond donors (Lipinski definition) is 1. The molecule has 0 aliphatic heterocycles. The summed E-state index contributed by atoms with van der Waals surface area (Å²) in [7, 11) is 1.60. The van der Waals surface area contributed by atoms with Crippen LogP contribution in [-0.2, 0) is 6.42 Å². The van der Waals surface area contributed by atoms with E-state index in [0.29, 0.717) is 12.0 Å². The zero-order chi connectivity index (χ0) is 16.8. The number of ether oxygens (including phenoxy) is 1. The van der Waals surface area contributed by atoms with Crippen molar-refractivity contribution in [2.24, 2.45) is 0 Å². The molecule has 2 aromatic carbocycles. The lowest BCUT2D eigenvalue weighted by Crippen LogP contribution is -2.26. The van der Waals surface area contributed by atoms with Gasteiger partial charge in [-0.1, -0.05) is 18.2 Å². The van der Waals surface area contributed by atoms with Crippen LogP contribution >= 0.6 is 0 Å². The highest BCUT2D eigenvalue weighted by Crippen LogP contribution is 2.21. The van der Waals surface area contributed by atoms with E-state index in [1.807, 2.05) is 6.92 Å². The predicted octanol–water partition coefficient (Wildman–Crippen LogP) is 4.05. The molecule has 120 valence electrons. The highest BCUT2D eigenvalue weighted by Gasteiger charge is 2.13. The highest BCUT2D eigenvalue weighted by molar-refractivity contribution is 5.94. The Labute approximate surface area is 135 Å². The fraction of sp³-hybridized carbons (Fsp3) is 0.211. The summed E-state index contributed by atoms with van der Waals surface area (Å²) in [5.41, 5.74) is 2.31. The maximum atomic E-state index is 13.0. The summed E-state index contributed by atoms with van der Waals surface area (Å²) in [6, 6.07) is 11.2. The number of halogens is 1. The SMILES string of the molecule is C=CCc1cc(C(=O)N[C@H](C)c2ccc(F)cc2)ccc1OC. The van der Waals surface area contributed by atoms with E-state index in [9.17, 15) is 9.18 Å². The molecule has 2 aromatic rings. The fourth-order valence-corrected chi connectivity index (χ4v) is 2.35. The van der Waals surface area contributed by atoms with Crippen molar-refractivity contribution in [3.05, 3.63) is 77.6 Å². The summed E-state index contributed by atoms with van der Waals surface area (Å²) >= 11 is 0. The molecule has 0 spiro atoms.